The second kappa shape index (κ2) is 8.25. The molecule has 0 spiro atoms. The van der Waals surface area contributed by atoms with Crippen LogP contribution in [0.1, 0.15) is 39.5 Å². The molecular formula is C11H17O. The van der Waals surface area contributed by atoms with Gasteiger partial charge in [-0.1, -0.05) is 23.8 Å². The minimum atomic E-state index is 0.529. The van der Waals surface area contributed by atoms with Crippen LogP contribution in [0.5, 0.6) is 0 Å². The second-order valence-corrected chi connectivity index (χ2v) is 2.84. The smallest absolute Gasteiger partial charge is 0.198 e. The molecule has 0 aliphatic carbocycles. The highest BCUT2D eigenvalue weighted by Crippen LogP contribution is 2.06. The summed E-state index contributed by atoms with van der Waals surface area (Å²) in [6, 6.07) is 0. The topological polar surface area (TPSA) is 17.1 Å². The van der Waals surface area contributed by atoms with Crippen LogP contribution in [0.15, 0.2) is 23.8 Å². The van der Waals surface area contributed by atoms with Crippen LogP contribution >= 0.6 is 0 Å². The van der Waals surface area contributed by atoms with Gasteiger partial charge in [-0.05, 0) is 33.1 Å². The van der Waals surface area contributed by atoms with E-state index < -0.39 is 0 Å². The Morgan fingerprint density at radius 2 is 2.17 bits per heavy atom. The highest BCUT2D eigenvalue weighted by atomic mass is 16.1. The first-order valence-electron chi connectivity index (χ1n) is 4.43. The Labute approximate surface area is 75.2 Å². The molecule has 0 aromatic rings. The van der Waals surface area contributed by atoms with Gasteiger partial charge in [0.05, 0.1) is 0 Å². The zero-order valence-electron chi connectivity index (χ0n) is 7.97. The predicted octanol–water partition coefficient (Wildman–Crippen LogP) is 3.18. The molecule has 0 unspecified atom stereocenters. The molecule has 12 heavy (non-hydrogen) atoms. The monoisotopic (exact) mass is 165 g/mol. The summed E-state index contributed by atoms with van der Waals surface area (Å²) in [6.45, 7) is 4.13. The molecule has 1 nitrogen and oxygen atoms in total. The minimum Gasteiger partial charge on any atom is -0.291 e. The number of hydrogen-bond donors (Lipinski definition) is 0. The summed E-state index contributed by atoms with van der Waals surface area (Å²) in [5.74, 6) is 0. The minimum absolute atomic E-state index is 0.529. The van der Waals surface area contributed by atoms with Crippen LogP contribution in [0.25, 0.3) is 0 Å². The van der Waals surface area contributed by atoms with Crippen molar-refractivity contribution in [2.75, 3.05) is 0 Å². The van der Waals surface area contributed by atoms with Crippen LogP contribution in [-0.4, -0.2) is 6.29 Å². The fourth-order valence-electron chi connectivity index (χ4n) is 0.957. The SMILES string of the molecule is CC=CCCC(C)=CCC[C]=O. The first-order valence-corrected chi connectivity index (χ1v) is 4.43. The normalized spacial score (nSPS) is 12.3. The van der Waals surface area contributed by atoms with Gasteiger partial charge < -0.3 is 0 Å². The van der Waals surface area contributed by atoms with Crippen molar-refractivity contribution in [3.05, 3.63) is 23.8 Å². The van der Waals surface area contributed by atoms with Crippen LogP contribution in [0.2, 0.25) is 0 Å². The molecule has 0 aliphatic rings. The summed E-state index contributed by atoms with van der Waals surface area (Å²) in [4.78, 5) is 9.88. The molecule has 67 valence electrons. The molecule has 0 rings (SSSR count). The molecule has 0 amide bonds. The van der Waals surface area contributed by atoms with Gasteiger partial charge in [0.25, 0.3) is 0 Å². The fraction of sp³-hybridized carbons (Fsp3) is 0.545. The van der Waals surface area contributed by atoms with Crippen molar-refractivity contribution in [3.8, 4) is 0 Å². The Kier molecular flexibility index (Phi) is 7.66. The Bertz CT molecular complexity index is 166. The Morgan fingerprint density at radius 1 is 1.42 bits per heavy atom. The summed E-state index contributed by atoms with van der Waals surface area (Å²) < 4.78 is 0. The predicted molar refractivity (Wildman–Crippen MR) is 52.7 cm³/mol. The van der Waals surface area contributed by atoms with Gasteiger partial charge in [0, 0.05) is 6.42 Å². The van der Waals surface area contributed by atoms with Crippen LogP contribution < -0.4 is 0 Å². The highest BCUT2D eigenvalue weighted by molar-refractivity contribution is 5.50. The van der Waals surface area contributed by atoms with Crippen molar-refractivity contribution in [1.29, 1.82) is 0 Å². The van der Waals surface area contributed by atoms with Gasteiger partial charge in [-0.2, -0.15) is 0 Å². The molecule has 0 heterocycles. The number of unbranched alkanes of at least 4 members (excludes halogenated alkanes) is 1. The van der Waals surface area contributed by atoms with E-state index in [-0.39, 0.29) is 0 Å². The number of rotatable bonds is 6. The molecule has 0 aliphatic heterocycles. The van der Waals surface area contributed by atoms with Crippen molar-refractivity contribution in [3.63, 3.8) is 0 Å². The van der Waals surface area contributed by atoms with Gasteiger partial charge in [0.15, 0.2) is 6.29 Å². The molecule has 0 saturated heterocycles. The molecule has 1 heteroatoms. The first kappa shape index (κ1) is 11.2. The lowest BCUT2D eigenvalue weighted by Gasteiger charge is -1.96. The van der Waals surface area contributed by atoms with Gasteiger partial charge >= 0.3 is 0 Å². The Balaban J connectivity index is 3.48. The Hall–Kier alpha value is -0.850. The molecule has 0 saturated carbocycles. The highest BCUT2D eigenvalue weighted by Gasteiger charge is 1.87. The molecule has 0 fully saturated rings. The molecule has 1 radical (unpaired) electrons. The Morgan fingerprint density at radius 3 is 2.75 bits per heavy atom. The van der Waals surface area contributed by atoms with Crippen molar-refractivity contribution < 1.29 is 4.79 Å². The first-order chi connectivity index (χ1) is 5.81. The zero-order valence-corrected chi connectivity index (χ0v) is 7.97. The van der Waals surface area contributed by atoms with E-state index in [1.807, 2.05) is 13.2 Å². The third-order valence-electron chi connectivity index (χ3n) is 1.68. The lowest BCUT2D eigenvalue weighted by Crippen LogP contribution is -1.78. The van der Waals surface area contributed by atoms with E-state index in [0.29, 0.717) is 6.42 Å². The van der Waals surface area contributed by atoms with Gasteiger partial charge in [0.1, 0.15) is 0 Å². The largest absolute Gasteiger partial charge is 0.291 e. The van der Waals surface area contributed by atoms with Crippen molar-refractivity contribution in [1.82, 2.24) is 0 Å². The van der Waals surface area contributed by atoms with Gasteiger partial charge in [-0.15, -0.1) is 0 Å². The van der Waals surface area contributed by atoms with E-state index in [2.05, 4.69) is 25.2 Å². The lowest BCUT2D eigenvalue weighted by atomic mass is 10.1. The van der Waals surface area contributed by atoms with E-state index in [1.54, 1.807) is 0 Å². The summed E-state index contributed by atoms with van der Waals surface area (Å²) in [6.07, 6.45) is 11.8. The fourth-order valence-corrected chi connectivity index (χ4v) is 0.957. The van der Waals surface area contributed by atoms with Crippen molar-refractivity contribution >= 4 is 6.29 Å². The van der Waals surface area contributed by atoms with Crippen molar-refractivity contribution in [2.45, 2.75) is 39.5 Å². The van der Waals surface area contributed by atoms with Gasteiger partial charge in [-0.3, -0.25) is 4.79 Å². The number of allylic oxidation sites excluding steroid dienone is 4. The van der Waals surface area contributed by atoms with Crippen LogP contribution in [0, 0.1) is 0 Å². The van der Waals surface area contributed by atoms with E-state index in [4.69, 9.17) is 0 Å². The maximum Gasteiger partial charge on any atom is 0.198 e. The van der Waals surface area contributed by atoms with E-state index in [9.17, 15) is 4.79 Å². The third kappa shape index (κ3) is 7.26. The average Bonchev–Trinajstić information content (AvgIpc) is 2.06. The number of hydrogen-bond acceptors (Lipinski definition) is 1. The van der Waals surface area contributed by atoms with Crippen LogP contribution in [0.4, 0.5) is 0 Å². The standard InChI is InChI=1S/C11H17O/c1-3-4-5-8-11(2)9-6-7-10-12/h3-4,9H,5-8H2,1-2H3. The molecule has 0 bridgehead atoms. The van der Waals surface area contributed by atoms with E-state index in [0.717, 1.165) is 19.3 Å². The summed E-state index contributed by atoms with van der Waals surface area (Å²) in [5, 5.41) is 0. The molecule has 0 atom stereocenters. The van der Waals surface area contributed by atoms with Crippen molar-refractivity contribution in [2.24, 2.45) is 0 Å². The molecule has 0 N–H and O–H groups in total. The van der Waals surface area contributed by atoms with E-state index in [1.165, 1.54) is 5.57 Å². The van der Waals surface area contributed by atoms with E-state index >= 15 is 0 Å². The summed E-state index contributed by atoms with van der Waals surface area (Å²) in [7, 11) is 0. The van der Waals surface area contributed by atoms with Gasteiger partial charge in [0.2, 0.25) is 0 Å². The van der Waals surface area contributed by atoms with Gasteiger partial charge in [-0.25, -0.2) is 0 Å². The maximum absolute atomic E-state index is 9.88. The zero-order chi connectivity index (χ0) is 9.23. The molecule has 0 aromatic heterocycles. The summed E-state index contributed by atoms with van der Waals surface area (Å²) in [5.41, 5.74) is 1.36. The second-order valence-electron chi connectivity index (χ2n) is 2.84. The summed E-state index contributed by atoms with van der Waals surface area (Å²) >= 11 is 0. The average molecular weight is 165 g/mol. The number of carbonyl (C=O) groups excluding carboxylic acids is 1. The maximum atomic E-state index is 9.88. The third-order valence-corrected chi connectivity index (χ3v) is 1.68. The van der Waals surface area contributed by atoms with Crippen LogP contribution in [-0.2, 0) is 4.79 Å². The molecular weight excluding hydrogens is 148 g/mol. The van der Waals surface area contributed by atoms with Crippen LogP contribution in [0.3, 0.4) is 0 Å². The quantitative estimate of drug-likeness (QED) is 0.436. The lowest BCUT2D eigenvalue weighted by molar-refractivity contribution is 0.551. The molecule has 0 aromatic carbocycles.